The molecule has 0 nitrogen and oxygen atoms in total. The molecule has 0 aromatic heterocycles. The number of hydrogen-bond acceptors (Lipinski definition) is 0. The highest BCUT2D eigenvalue weighted by atomic mass is 35.5. The van der Waals surface area contributed by atoms with Gasteiger partial charge < -0.3 is 0 Å². The van der Waals surface area contributed by atoms with Crippen molar-refractivity contribution in [1.82, 2.24) is 0 Å². The zero-order valence-electron chi connectivity index (χ0n) is 14.1. The maximum atomic E-state index is 5.91. The second-order valence-electron chi connectivity index (χ2n) is 6.87. The third kappa shape index (κ3) is 6.57. The van der Waals surface area contributed by atoms with Gasteiger partial charge in [0.25, 0.3) is 0 Å². The average Bonchev–Trinajstić information content (AvgIpc) is 2.55. The van der Waals surface area contributed by atoms with E-state index in [1.165, 1.54) is 56.9 Å². The molecule has 1 fully saturated rings. The van der Waals surface area contributed by atoms with Gasteiger partial charge in [0.15, 0.2) is 0 Å². The van der Waals surface area contributed by atoms with Gasteiger partial charge in [-0.15, -0.1) is 0 Å². The molecule has 0 N–H and O–H groups in total. The number of halogens is 1. The summed E-state index contributed by atoms with van der Waals surface area (Å²) in [5.41, 5.74) is 1.38. The van der Waals surface area contributed by atoms with Crippen LogP contribution in [0.25, 0.3) is 0 Å². The van der Waals surface area contributed by atoms with E-state index in [4.69, 9.17) is 11.6 Å². The van der Waals surface area contributed by atoms with Gasteiger partial charge in [-0.25, -0.2) is 0 Å². The summed E-state index contributed by atoms with van der Waals surface area (Å²) in [5.74, 6) is 1.86. The molecule has 0 amide bonds. The molecule has 0 heterocycles. The lowest BCUT2D eigenvalue weighted by molar-refractivity contribution is 0.289. The fourth-order valence-electron chi connectivity index (χ4n) is 3.54. The van der Waals surface area contributed by atoms with Gasteiger partial charge in [-0.3, -0.25) is 0 Å². The predicted molar refractivity (Wildman–Crippen MR) is 98.5 cm³/mol. The lowest BCUT2D eigenvalue weighted by Gasteiger charge is -2.26. The SMILES string of the molecule is CCCCC[C@H]1CC[C@H](C=CCCc2ccc(Cl)cc2)CC1. The second kappa shape index (κ2) is 10.1. The third-order valence-electron chi connectivity index (χ3n) is 5.03. The molecule has 0 spiro atoms. The van der Waals surface area contributed by atoms with Crippen molar-refractivity contribution in [3.63, 3.8) is 0 Å². The Balaban J connectivity index is 1.60. The maximum absolute atomic E-state index is 5.91. The zero-order valence-corrected chi connectivity index (χ0v) is 14.8. The van der Waals surface area contributed by atoms with Crippen molar-refractivity contribution in [3.05, 3.63) is 47.0 Å². The molecule has 0 atom stereocenters. The van der Waals surface area contributed by atoms with Gasteiger partial charge in [0.2, 0.25) is 0 Å². The van der Waals surface area contributed by atoms with Crippen LogP contribution in [0.5, 0.6) is 0 Å². The van der Waals surface area contributed by atoms with Crippen LogP contribution in [0.2, 0.25) is 5.02 Å². The largest absolute Gasteiger partial charge is 0.0879 e. The molecule has 22 heavy (non-hydrogen) atoms. The van der Waals surface area contributed by atoms with E-state index >= 15 is 0 Å². The molecule has 1 heteroatoms. The van der Waals surface area contributed by atoms with Crippen molar-refractivity contribution < 1.29 is 0 Å². The first kappa shape index (κ1) is 17.6. The van der Waals surface area contributed by atoms with Crippen molar-refractivity contribution in [3.8, 4) is 0 Å². The van der Waals surface area contributed by atoms with Gasteiger partial charge in [0.1, 0.15) is 0 Å². The number of aryl methyl sites for hydroxylation is 1. The van der Waals surface area contributed by atoms with Crippen LogP contribution in [0.15, 0.2) is 36.4 Å². The van der Waals surface area contributed by atoms with Crippen LogP contribution in [0.3, 0.4) is 0 Å². The van der Waals surface area contributed by atoms with E-state index in [1.807, 2.05) is 12.1 Å². The van der Waals surface area contributed by atoms with Crippen LogP contribution in [-0.4, -0.2) is 0 Å². The summed E-state index contributed by atoms with van der Waals surface area (Å²) in [6.07, 6.45) is 18.6. The van der Waals surface area contributed by atoms with Crippen molar-refractivity contribution >= 4 is 11.6 Å². The zero-order chi connectivity index (χ0) is 15.6. The summed E-state index contributed by atoms with van der Waals surface area (Å²) in [6.45, 7) is 2.30. The van der Waals surface area contributed by atoms with Crippen LogP contribution in [0.4, 0.5) is 0 Å². The smallest absolute Gasteiger partial charge is 0.0406 e. The van der Waals surface area contributed by atoms with Gasteiger partial charge in [0, 0.05) is 5.02 Å². The Morgan fingerprint density at radius 2 is 1.77 bits per heavy atom. The van der Waals surface area contributed by atoms with E-state index < -0.39 is 0 Å². The molecular formula is C21H31Cl. The molecule has 0 saturated heterocycles. The summed E-state index contributed by atoms with van der Waals surface area (Å²) in [5, 5.41) is 0.829. The van der Waals surface area contributed by atoms with Gasteiger partial charge >= 0.3 is 0 Å². The van der Waals surface area contributed by atoms with Gasteiger partial charge in [0.05, 0.1) is 0 Å². The molecule has 2 rings (SSSR count). The fourth-order valence-corrected chi connectivity index (χ4v) is 3.67. The molecule has 0 unspecified atom stereocenters. The quantitative estimate of drug-likeness (QED) is 0.350. The van der Waals surface area contributed by atoms with E-state index in [0.717, 1.165) is 29.7 Å². The highest BCUT2D eigenvalue weighted by molar-refractivity contribution is 6.30. The molecule has 1 saturated carbocycles. The summed E-state index contributed by atoms with van der Waals surface area (Å²) in [4.78, 5) is 0. The van der Waals surface area contributed by atoms with Crippen LogP contribution >= 0.6 is 11.6 Å². The van der Waals surface area contributed by atoms with E-state index in [2.05, 4.69) is 31.2 Å². The van der Waals surface area contributed by atoms with Crippen molar-refractivity contribution in [2.75, 3.05) is 0 Å². The number of benzene rings is 1. The number of unbranched alkanes of at least 4 members (excludes halogenated alkanes) is 2. The molecule has 1 aliphatic rings. The number of allylic oxidation sites excluding steroid dienone is 2. The Bertz CT molecular complexity index is 424. The fraction of sp³-hybridized carbons (Fsp3) is 0.619. The van der Waals surface area contributed by atoms with Crippen molar-refractivity contribution in [2.24, 2.45) is 11.8 Å². The first-order valence-corrected chi connectivity index (χ1v) is 9.57. The highest BCUT2D eigenvalue weighted by Crippen LogP contribution is 2.32. The Morgan fingerprint density at radius 1 is 1.05 bits per heavy atom. The molecule has 1 aromatic rings. The average molecular weight is 319 g/mol. The minimum Gasteiger partial charge on any atom is -0.0879 e. The van der Waals surface area contributed by atoms with Gasteiger partial charge in [-0.05, 0) is 68.1 Å². The lowest BCUT2D eigenvalue weighted by atomic mass is 9.79. The maximum Gasteiger partial charge on any atom is 0.0406 e. The summed E-state index contributed by atoms with van der Waals surface area (Å²) < 4.78 is 0. The minimum atomic E-state index is 0.829. The first-order chi connectivity index (χ1) is 10.8. The highest BCUT2D eigenvalue weighted by Gasteiger charge is 2.18. The van der Waals surface area contributed by atoms with Crippen LogP contribution in [-0.2, 0) is 6.42 Å². The number of rotatable bonds is 8. The van der Waals surface area contributed by atoms with Crippen molar-refractivity contribution in [2.45, 2.75) is 71.1 Å². The Kier molecular flexibility index (Phi) is 8.08. The van der Waals surface area contributed by atoms with E-state index in [0.29, 0.717) is 0 Å². The van der Waals surface area contributed by atoms with Crippen LogP contribution < -0.4 is 0 Å². The first-order valence-electron chi connectivity index (χ1n) is 9.19. The van der Waals surface area contributed by atoms with Crippen LogP contribution in [0.1, 0.15) is 70.3 Å². The summed E-state index contributed by atoms with van der Waals surface area (Å²) >= 11 is 5.91. The van der Waals surface area contributed by atoms with Gasteiger partial charge in [-0.2, -0.15) is 0 Å². The molecule has 122 valence electrons. The van der Waals surface area contributed by atoms with Gasteiger partial charge in [-0.1, -0.05) is 68.5 Å². The van der Waals surface area contributed by atoms with Crippen LogP contribution in [0, 0.1) is 11.8 Å². The monoisotopic (exact) mass is 318 g/mol. The Hall–Kier alpha value is -0.750. The molecule has 1 aliphatic carbocycles. The van der Waals surface area contributed by atoms with Crippen molar-refractivity contribution in [1.29, 1.82) is 0 Å². The second-order valence-corrected chi connectivity index (χ2v) is 7.31. The molecular weight excluding hydrogens is 288 g/mol. The molecule has 0 bridgehead atoms. The summed E-state index contributed by atoms with van der Waals surface area (Å²) in [7, 11) is 0. The van der Waals surface area contributed by atoms with E-state index in [9.17, 15) is 0 Å². The number of hydrogen-bond donors (Lipinski definition) is 0. The Morgan fingerprint density at radius 3 is 2.45 bits per heavy atom. The van der Waals surface area contributed by atoms with E-state index in [-0.39, 0.29) is 0 Å². The molecule has 1 aromatic carbocycles. The van der Waals surface area contributed by atoms with E-state index in [1.54, 1.807) is 0 Å². The summed E-state index contributed by atoms with van der Waals surface area (Å²) in [6, 6.07) is 8.25. The third-order valence-corrected chi connectivity index (χ3v) is 5.28. The minimum absolute atomic E-state index is 0.829. The standard InChI is InChI=1S/C21H31Cl/c1-2-3-4-7-18-10-12-19(13-11-18)8-5-6-9-20-14-16-21(22)17-15-20/h5,8,14-19H,2-4,6-7,9-13H2,1H3/t18-,19-. The Labute approximate surface area is 142 Å². The normalized spacial score (nSPS) is 22.3. The lowest BCUT2D eigenvalue weighted by Crippen LogP contribution is -2.13. The molecule has 0 aliphatic heterocycles. The molecule has 0 radical (unpaired) electrons. The topological polar surface area (TPSA) is 0 Å². The predicted octanol–water partition coefficient (Wildman–Crippen LogP) is 7.22.